The third-order valence-corrected chi connectivity index (χ3v) is 4.91. The van der Waals surface area contributed by atoms with Crippen LogP contribution in [0.15, 0.2) is 71.4 Å². The van der Waals surface area contributed by atoms with Crippen molar-refractivity contribution in [2.75, 3.05) is 14.2 Å². The van der Waals surface area contributed by atoms with Crippen LogP contribution in [0.4, 0.5) is 0 Å². The first kappa shape index (κ1) is 19.4. The molecule has 1 atom stereocenters. The highest BCUT2D eigenvalue weighted by Crippen LogP contribution is 2.37. The van der Waals surface area contributed by atoms with Crippen LogP contribution in [0, 0.1) is 0 Å². The summed E-state index contributed by atoms with van der Waals surface area (Å²) >= 11 is 0. The van der Waals surface area contributed by atoms with E-state index in [4.69, 9.17) is 9.47 Å². The summed E-state index contributed by atoms with van der Waals surface area (Å²) in [5, 5.41) is 0. The van der Waals surface area contributed by atoms with Gasteiger partial charge in [0.2, 0.25) is 0 Å². The summed E-state index contributed by atoms with van der Waals surface area (Å²) in [6, 6.07) is 16.8. The monoisotopic (exact) mass is 377 g/mol. The number of carbonyl (C=O) groups is 2. The molecule has 0 unspecified atom stereocenters. The van der Waals surface area contributed by atoms with Gasteiger partial charge in [0.05, 0.1) is 31.4 Å². The Balaban J connectivity index is 2.08. The Morgan fingerprint density at radius 2 is 1.79 bits per heavy atom. The third-order valence-electron chi connectivity index (χ3n) is 4.91. The number of amides is 1. The summed E-state index contributed by atoms with van der Waals surface area (Å²) in [6.45, 7) is 3.72. The Kier molecular flexibility index (Phi) is 5.64. The van der Waals surface area contributed by atoms with E-state index in [9.17, 15) is 9.59 Å². The number of rotatable bonds is 5. The van der Waals surface area contributed by atoms with Crippen LogP contribution < -0.4 is 4.74 Å². The number of carbonyl (C=O) groups excluding carboxylic acids is 2. The van der Waals surface area contributed by atoms with Crippen LogP contribution in [0.2, 0.25) is 0 Å². The lowest BCUT2D eigenvalue weighted by Crippen LogP contribution is -2.28. The van der Waals surface area contributed by atoms with Crippen molar-refractivity contribution in [1.82, 2.24) is 4.90 Å². The van der Waals surface area contributed by atoms with Crippen molar-refractivity contribution in [1.29, 1.82) is 0 Å². The first-order valence-corrected chi connectivity index (χ1v) is 9.01. The number of nitrogens with zero attached hydrogens (tertiary/aromatic N) is 1. The maximum atomic E-state index is 13.3. The summed E-state index contributed by atoms with van der Waals surface area (Å²) < 4.78 is 10.2. The summed E-state index contributed by atoms with van der Waals surface area (Å²) in [5.74, 6) is -0.0746. The summed E-state index contributed by atoms with van der Waals surface area (Å²) in [6.07, 6.45) is 1.71. The van der Waals surface area contributed by atoms with Gasteiger partial charge in [0.15, 0.2) is 0 Å². The van der Waals surface area contributed by atoms with E-state index in [0.29, 0.717) is 17.0 Å². The SMILES string of the molecule is COC(=O)C1=C(C)N([C@H](C)c2ccccc2)C(=O)/C1=C\c1cccc(OC)c1. The first-order chi connectivity index (χ1) is 13.5. The third kappa shape index (κ3) is 3.56. The van der Waals surface area contributed by atoms with Gasteiger partial charge in [-0.2, -0.15) is 0 Å². The largest absolute Gasteiger partial charge is 0.497 e. The number of hydrogen-bond acceptors (Lipinski definition) is 4. The zero-order valence-electron chi connectivity index (χ0n) is 16.4. The molecule has 0 spiro atoms. The van der Waals surface area contributed by atoms with Crippen molar-refractivity contribution in [3.8, 4) is 5.75 Å². The van der Waals surface area contributed by atoms with E-state index >= 15 is 0 Å². The zero-order chi connectivity index (χ0) is 20.3. The van der Waals surface area contributed by atoms with Crippen LogP contribution in [-0.2, 0) is 14.3 Å². The molecule has 144 valence electrons. The molecule has 0 aliphatic carbocycles. The van der Waals surface area contributed by atoms with Crippen LogP contribution in [-0.4, -0.2) is 31.0 Å². The molecule has 1 aliphatic heterocycles. The van der Waals surface area contributed by atoms with Crippen molar-refractivity contribution in [3.63, 3.8) is 0 Å². The normalized spacial score (nSPS) is 16.5. The Morgan fingerprint density at radius 3 is 2.43 bits per heavy atom. The molecule has 0 aromatic heterocycles. The number of methoxy groups -OCH3 is 2. The van der Waals surface area contributed by atoms with E-state index in [1.165, 1.54) is 7.11 Å². The fourth-order valence-electron chi connectivity index (χ4n) is 3.44. The molecule has 0 bridgehead atoms. The molecule has 5 nitrogen and oxygen atoms in total. The fraction of sp³-hybridized carbons (Fsp3) is 0.217. The van der Waals surface area contributed by atoms with Gasteiger partial charge in [-0.15, -0.1) is 0 Å². The molecule has 28 heavy (non-hydrogen) atoms. The number of allylic oxidation sites excluding steroid dienone is 1. The van der Waals surface area contributed by atoms with Crippen LogP contribution in [0.25, 0.3) is 6.08 Å². The van der Waals surface area contributed by atoms with Crippen LogP contribution in [0.3, 0.4) is 0 Å². The van der Waals surface area contributed by atoms with E-state index in [-0.39, 0.29) is 17.5 Å². The van der Waals surface area contributed by atoms with E-state index in [1.807, 2.05) is 61.5 Å². The molecule has 1 amide bonds. The van der Waals surface area contributed by atoms with Crippen molar-refractivity contribution >= 4 is 18.0 Å². The minimum Gasteiger partial charge on any atom is -0.497 e. The number of benzene rings is 2. The molecule has 5 heteroatoms. The highest BCUT2D eigenvalue weighted by molar-refractivity contribution is 6.16. The van der Waals surface area contributed by atoms with Gasteiger partial charge in [-0.25, -0.2) is 4.79 Å². The quantitative estimate of drug-likeness (QED) is 0.581. The maximum Gasteiger partial charge on any atom is 0.340 e. The van der Waals surface area contributed by atoms with Gasteiger partial charge >= 0.3 is 5.97 Å². The van der Waals surface area contributed by atoms with Crippen molar-refractivity contribution in [2.45, 2.75) is 19.9 Å². The average molecular weight is 377 g/mol. The second kappa shape index (κ2) is 8.13. The van der Waals surface area contributed by atoms with Gasteiger partial charge in [0.1, 0.15) is 5.75 Å². The van der Waals surface area contributed by atoms with Gasteiger partial charge in [0, 0.05) is 5.70 Å². The van der Waals surface area contributed by atoms with Crippen molar-refractivity contribution < 1.29 is 19.1 Å². The lowest BCUT2D eigenvalue weighted by Gasteiger charge is -2.26. The summed E-state index contributed by atoms with van der Waals surface area (Å²) in [7, 11) is 2.90. The highest BCUT2D eigenvalue weighted by Gasteiger charge is 2.39. The fourth-order valence-corrected chi connectivity index (χ4v) is 3.44. The molecular formula is C23H23NO4. The standard InChI is InChI=1S/C23H23NO4/c1-15(18-10-6-5-7-11-18)24-16(2)21(23(26)28-4)20(22(24)25)14-17-9-8-12-19(13-17)27-3/h5-15H,1-4H3/b20-14-/t15-/m1/s1. The first-order valence-electron chi connectivity index (χ1n) is 9.01. The Morgan fingerprint density at radius 1 is 1.07 bits per heavy atom. The Hall–Kier alpha value is -3.34. The number of hydrogen-bond donors (Lipinski definition) is 0. The second-order valence-corrected chi connectivity index (χ2v) is 6.55. The Bertz CT molecular complexity index is 960. The number of esters is 1. The molecule has 0 saturated heterocycles. The summed E-state index contributed by atoms with van der Waals surface area (Å²) in [5.41, 5.74) is 2.95. The summed E-state index contributed by atoms with van der Waals surface area (Å²) in [4.78, 5) is 27.4. The van der Waals surface area contributed by atoms with E-state index in [0.717, 1.165) is 11.1 Å². The molecule has 0 fully saturated rings. The van der Waals surface area contributed by atoms with Crippen LogP contribution in [0.5, 0.6) is 5.75 Å². The minimum absolute atomic E-state index is 0.218. The molecule has 1 heterocycles. The van der Waals surface area contributed by atoms with E-state index in [2.05, 4.69) is 0 Å². The van der Waals surface area contributed by atoms with Gasteiger partial charge in [-0.05, 0) is 43.2 Å². The van der Waals surface area contributed by atoms with Crippen LogP contribution in [0.1, 0.15) is 31.0 Å². The van der Waals surface area contributed by atoms with Crippen LogP contribution >= 0.6 is 0 Å². The maximum absolute atomic E-state index is 13.3. The average Bonchev–Trinajstić information content (AvgIpc) is 2.97. The molecule has 2 aromatic rings. The molecule has 2 aromatic carbocycles. The minimum atomic E-state index is -0.525. The van der Waals surface area contributed by atoms with Gasteiger partial charge in [0.25, 0.3) is 5.91 Å². The molecular weight excluding hydrogens is 354 g/mol. The van der Waals surface area contributed by atoms with E-state index < -0.39 is 5.97 Å². The lowest BCUT2D eigenvalue weighted by molar-refractivity contribution is -0.136. The smallest absolute Gasteiger partial charge is 0.340 e. The predicted octanol–water partition coefficient (Wildman–Crippen LogP) is 4.13. The molecule has 0 N–H and O–H groups in total. The van der Waals surface area contributed by atoms with Gasteiger partial charge < -0.3 is 14.4 Å². The zero-order valence-corrected chi connectivity index (χ0v) is 16.4. The highest BCUT2D eigenvalue weighted by atomic mass is 16.5. The Labute approximate surface area is 164 Å². The molecule has 1 aliphatic rings. The lowest BCUT2D eigenvalue weighted by atomic mass is 10.0. The molecule has 0 saturated carbocycles. The van der Waals surface area contributed by atoms with Gasteiger partial charge in [-0.3, -0.25) is 4.79 Å². The second-order valence-electron chi connectivity index (χ2n) is 6.55. The molecule has 3 rings (SSSR count). The predicted molar refractivity (Wildman–Crippen MR) is 107 cm³/mol. The number of ether oxygens (including phenoxy) is 2. The van der Waals surface area contributed by atoms with Crippen molar-refractivity contribution in [3.05, 3.63) is 82.6 Å². The topological polar surface area (TPSA) is 55.8 Å². The van der Waals surface area contributed by atoms with Crippen molar-refractivity contribution in [2.24, 2.45) is 0 Å². The molecule has 0 radical (unpaired) electrons. The van der Waals surface area contributed by atoms with E-state index in [1.54, 1.807) is 25.0 Å². The van der Waals surface area contributed by atoms with Gasteiger partial charge in [-0.1, -0.05) is 42.5 Å².